The zero-order chi connectivity index (χ0) is 21.3. The van der Waals surface area contributed by atoms with Crippen LogP contribution in [0.4, 0.5) is 0 Å². The Bertz CT molecular complexity index is 1000. The molecule has 3 rings (SSSR count). The Labute approximate surface area is 170 Å². The van der Waals surface area contributed by atoms with E-state index in [0.29, 0.717) is 11.2 Å². The van der Waals surface area contributed by atoms with Gasteiger partial charge in [-0.2, -0.15) is 0 Å². The number of aromatic nitrogens is 4. The van der Waals surface area contributed by atoms with Crippen LogP contribution in [0.2, 0.25) is 0 Å². The van der Waals surface area contributed by atoms with Crippen LogP contribution < -0.4 is 0 Å². The van der Waals surface area contributed by atoms with E-state index in [1.165, 1.54) is 33.4 Å². The summed E-state index contributed by atoms with van der Waals surface area (Å²) in [7, 11) is 0. The molecule has 11 nitrogen and oxygen atoms in total. The maximum absolute atomic E-state index is 11.8. The highest BCUT2D eigenvalue weighted by atomic mass is 32.1. The average molecular weight is 424 g/mol. The monoisotopic (exact) mass is 424 g/mol. The number of fused-ring (bicyclic) bond motifs is 1. The second-order valence-corrected chi connectivity index (χ2v) is 6.90. The van der Waals surface area contributed by atoms with Gasteiger partial charge in [0, 0.05) is 20.8 Å². The number of nitrogens with zero attached hydrogens (tertiary/aromatic N) is 3. The summed E-state index contributed by atoms with van der Waals surface area (Å²) in [4.78, 5) is 46.3. The molecule has 0 unspecified atom stereocenters. The van der Waals surface area contributed by atoms with Gasteiger partial charge in [0.05, 0.1) is 18.8 Å². The molecule has 3 heterocycles. The summed E-state index contributed by atoms with van der Waals surface area (Å²) in [6, 6.07) is 0. The van der Waals surface area contributed by atoms with Gasteiger partial charge in [0.15, 0.2) is 29.2 Å². The van der Waals surface area contributed by atoms with E-state index in [4.69, 9.17) is 31.2 Å². The number of carbonyl (C=O) groups excluding carboxylic acids is 3. The average Bonchev–Trinajstić information content (AvgIpc) is 3.04. The summed E-state index contributed by atoms with van der Waals surface area (Å²) in [6.07, 6.45) is -1.98. The second kappa shape index (κ2) is 8.25. The molecule has 29 heavy (non-hydrogen) atoms. The lowest BCUT2D eigenvalue weighted by molar-refractivity contribution is -0.259. The van der Waals surface area contributed by atoms with Crippen LogP contribution in [0.3, 0.4) is 0 Å². The van der Waals surface area contributed by atoms with Crippen molar-refractivity contribution in [1.29, 1.82) is 0 Å². The first-order chi connectivity index (χ1) is 13.7. The van der Waals surface area contributed by atoms with E-state index in [-0.39, 0.29) is 4.64 Å². The van der Waals surface area contributed by atoms with Crippen LogP contribution >= 0.6 is 12.2 Å². The minimum absolute atomic E-state index is 0.278. The van der Waals surface area contributed by atoms with E-state index in [0.717, 1.165) is 0 Å². The SMILES string of the molecule is CC(=O)O[C@@H]1[C@H](OC(C)=O)[C@H](n2cnc3c(=S)nc[nH]c32)O[C@H](C)[C@H]1OC(C)=O. The standard InChI is InChI=1S/C17H20N4O7S/c1-7-12(26-8(2)22)13(27-9(3)23)14(28-10(4)24)17(25-7)21-6-20-11-15(21)18-5-19-16(11)29/h5-7,12-14,17H,1-4H3,(H,18,19,29)/t7-,12-,13+,14+,17-/m1/s1. The molecule has 1 aliphatic heterocycles. The Morgan fingerprint density at radius 3 is 2.24 bits per heavy atom. The first-order valence-corrected chi connectivity index (χ1v) is 9.17. The van der Waals surface area contributed by atoms with Crippen LogP contribution in [0.1, 0.15) is 33.9 Å². The molecule has 0 aromatic carbocycles. The van der Waals surface area contributed by atoms with Crippen LogP contribution in [-0.4, -0.2) is 61.8 Å². The van der Waals surface area contributed by atoms with E-state index >= 15 is 0 Å². The molecule has 0 spiro atoms. The van der Waals surface area contributed by atoms with Crippen molar-refractivity contribution < 1.29 is 33.3 Å². The van der Waals surface area contributed by atoms with E-state index in [9.17, 15) is 14.4 Å². The number of esters is 3. The number of rotatable bonds is 4. The molecule has 1 fully saturated rings. The predicted octanol–water partition coefficient (Wildman–Crippen LogP) is 1.20. The van der Waals surface area contributed by atoms with Crippen LogP contribution in [0, 0.1) is 4.64 Å². The number of imidazole rings is 1. The quantitative estimate of drug-likeness (QED) is 0.433. The Morgan fingerprint density at radius 1 is 1.03 bits per heavy atom. The fourth-order valence-corrected chi connectivity index (χ4v) is 3.48. The van der Waals surface area contributed by atoms with E-state index < -0.39 is 48.6 Å². The predicted molar refractivity (Wildman–Crippen MR) is 99.0 cm³/mol. The summed E-state index contributed by atoms with van der Waals surface area (Å²) in [6.45, 7) is 5.30. The molecule has 0 aliphatic carbocycles. The molecule has 1 saturated heterocycles. The van der Waals surface area contributed by atoms with Gasteiger partial charge in [-0.1, -0.05) is 12.2 Å². The molecular weight excluding hydrogens is 404 g/mol. The second-order valence-electron chi connectivity index (χ2n) is 6.51. The first-order valence-electron chi connectivity index (χ1n) is 8.76. The third-order valence-corrected chi connectivity index (χ3v) is 4.60. The lowest BCUT2D eigenvalue weighted by Gasteiger charge is -2.44. The third kappa shape index (κ3) is 4.27. The van der Waals surface area contributed by atoms with Gasteiger partial charge >= 0.3 is 17.9 Å². The molecule has 156 valence electrons. The highest BCUT2D eigenvalue weighted by Gasteiger charge is 2.51. The van der Waals surface area contributed by atoms with Gasteiger partial charge in [-0.3, -0.25) is 19.0 Å². The molecule has 1 aliphatic rings. The minimum atomic E-state index is -1.12. The lowest BCUT2D eigenvalue weighted by atomic mass is 9.97. The van der Waals surface area contributed by atoms with Crippen molar-refractivity contribution in [3.05, 3.63) is 17.3 Å². The van der Waals surface area contributed by atoms with Crippen molar-refractivity contribution in [3.63, 3.8) is 0 Å². The van der Waals surface area contributed by atoms with Gasteiger partial charge in [-0.15, -0.1) is 0 Å². The highest BCUT2D eigenvalue weighted by Crippen LogP contribution is 2.35. The number of aromatic amines is 1. The van der Waals surface area contributed by atoms with Gasteiger partial charge in [0.2, 0.25) is 0 Å². The van der Waals surface area contributed by atoms with E-state index in [1.807, 2.05) is 0 Å². The van der Waals surface area contributed by atoms with Crippen molar-refractivity contribution in [2.75, 3.05) is 0 Å². The van der Waals surface area contributed by atoms with Gasteiger partial charge in [-0.05, 0) is 6.92 Å². The summed E-state index contributed by atoms with van der Waals surface area (Å²) < 4.78 is 24.0. The van der Waals surface area contributed by atoms with Gasteiger partial charge in [0.1, 0.15) is 11.2 Å². The Balaban J connectivity index is 2.10. The number of hydrogen-bond donors (Lipinski definition) is 1. The van der Waals surface area contributed by atoms with Crippen LogP contribution in [0.15, 0.2) is 12.7 Å². The highest BCUT2D eigenvalue weighted by molar-refractivity contribution is 7.71. The molecule has 0 bridgehead atoms. The van der Waals surface area contributed by atoms with Crippen LogP contribution in [-0.2, 0) is 33.3 Å². The zero-order valence-corrected chi connectivity index (χ0v) is 17.0. The largest absolute Gasteiger partial charge is 0.456 e. The molecular formula is C17H20N4O7S. The lowest BCUT2D eigenvalue weighted by Crippen LogP contribution is -2.58. The van der Waals surface area contributed by atoms with Crippen LogP contribution in [0.25, 0.3) is 11.2 Å². The molecule has 2 aromatic rings. The van der Waals surface area contributed by atoms with Crippen LogP contribution in [0.5, 0.6) is 0 Å². The molecule has 1 N–H and O–H groups in total. The van der Waals surface area contributed by atoms with Crippen molar-refractivity contribution in [2.45, 2.75) is 58.3 Å². The smallest absolute Gasteiger partial charge is 0.303 e. The molecule has 0 radical (unpaired) electrons. The fraction of sp³-hybridized carbons (Fsp3) is 0.529. The number of hydrogen-bond acceptors (Lipinski definition) is 10. The Kier molecular flexibility index (Phi) is 5.94. The molecule has 0 saturated carbocycles. The van der Waals surface area contributed by atoms with Crippen molar-refractivity contribution in [3.8, 4) is 0 Å². The molecule has 12 heteroatoms. The van der Waals surface area contributed by atoms with Gasteiger partial charge < -0.3 is 23.9 Å². The maximum atomic E-state index is 11.8. The van der Waals surface area contributed by atoms with Gasteiger partial charge in [-0.25, -0.2) is 9.97 Å². The first kappa shape index (κ1) is 20.9. The van der Waals surface area contributed by atoms with Crippen molar-refractivity contribution in [1.82, 2.24) is 19.5 Å². The Morgan fingerprint density at radius 2 is 1.62 bits per heavy atom. The third-order valence-electron chi connectivity index (χ3n) is 4.31. The summed E-state index contributed by atoms with van der Waals surface area (Å²) in [5, 5.41) is 0. The zero-order valence-electron chi connectivity index (χ0n) is 16.1. The summed E-state index contributed by atoms with van der Waals surface area (Å²) in [5.41, 5.74) is 0.901. The number of carbonyl (C=O) groups is 3. The molecule has 5 atom stereocenters. The maximum Gasteiger partial charge on any atom is 0.303 e. The Hall–Kier alpha value is -2.86. The normalized spacial score (nSPS) is 26.7. The van der Waals surface area contributed by atoms with Gasteiger partial charge in [0.25, 0.3) is 0 Å². The van der Waals surface area contributed by atoms with E-state index in [2.05, 4.69) is 15.0 Å². The summed E-state index contributed by atoms with van der Waals surface area (Å²) in [5.74, 6) is -1.85. The number of H-pyrrole nitrogens is 1. The number of nitrogens with one attached hydrogen (secondary N) is 1. The molecule has 2 aromatic heterocycles. The number of ether oxygens (including phenoxy) is 4. The van der Waals surface area contributed by atoms with Crippen molar-refractivity contribution in [2.24, 2.45) is 0 Å². The van der Waals surface area contributed by atoms with Crippen molar-refractivity contribution >= 4 is 41.3 Å². The minimum Gasteiger partial charge on any atom is -0.456 e. The topological polar surface area (TPSA) is 135 Å². The fourth-order valence-electron chi connectivity index (χ4n) is 3.28. The molecule has 0 amide bonds. The van der Waals surface area contributed by atoms with E-state index in [1.54, 1.807) is 11.5 Å². The summed E-state index contributed by atoms with van der Waals surface area (Å²) >= 11 is 5.18.